The summed E-state index contributed by atoms with van der Waals surface area (Å²) in [6.07, 6.45) is 12.3. The molecule has 0 amide bonds. The van der Waals surface area contributed by atoms with Crippen LogP contribution in [0.5, 0.6) is 0 Å². The van der Waals surface area contributed by atoms with Gasteiger partial charge in [0.15, 0.2) is 0 Å². The Labute approximate surface area is 121 Å². The van der Waals surface area contributed by atoms with Crippen LogP contribution in [0, 0.1) is 12.8 Å². The topological polar surface area (TPSA) is 12.0 Å². The van der Waals surface area contributed by atoms with E-state index in [0.29, 0.717) is 0 Å². The molecule has 0 spiro atoms. The zero-order chi connectivity index (χ0) is 13.1. The Hall–Kier alpha value is -0.600. The average Bonchev–Trinajstić information content (AvgIpc) is 3.18. The first kappa shape index (κ1) is 13.4. The molecule has 0 unspecified atom stereocenters. The molecule has 2 aliphatic carbocycles. The molecule has 0 saturated heterocycles. The molecule has 2 aliphatic rings. The Bertz CT molecular complexity index is 436. The Morgan fingerprint density at radius 2 is 2.00 bits per heavy atom. The smallest absolute Gasteiger partial charge is 0.0273 e. The van der Waals surface area contributed by atoms with Crippen LogP contribution in [0.1, 0.15) is 54.7 Å². The van der Waals surface area contributed by atoms with Crippen LogP contribution >= 0.6 is 11.3 Å². The molecule has 0 radical (unpaired) electrons. The van der Waals surface area contributed by atoms with Crippen LogP contribution in [0.2, 0.25) is 0 Å². The molecule has 1 N–H and O–H groups in total. The van der Waals surface area contributed by atoms with Crippen molar-refractivity contribution in [3.8, 4) is 0 Å². The van der Waals surface area contributed by atoms with E-state index in [2.05, 4.69) is 30.4 Å². The third-order valence-corrected chi connectivity index (χ3v) is 5.34. The lowest BCUT2D eigenvalue weighted by molar-refractivity contribution is 0.396. The highest BCUT2D eigenvalue weighted by Crippen LogP contribution is 2.32. The maximum Gasteiger partial charge on any atom is 0.0273 e. The zero-order valence-corrected chi connectivity index (χ0v) is 12.8. The van der Waals surface area contributed by atoms with Gasteiger partial charge in [-0.05, 0) is 56.7 Å². The second-order valence-corrected chi connectivity index (χ2v) is 7.48. The number of hydrogen-bond acceptors (Lipinski definition) is 2. The summed E-state index contributed by atoms with van der Waals surface area (Å²) in [6, 6.07) is 5.33. The van der Waals surface area contributed by atoms with Crippen LogP contribution in [0.15, 0.2) is 17.7 Å². The van der Waals surface area contributed by atoms with E-state index >= 15 is 0 Å². The monoisotopic (exact) mass is 275 g/mol. The summed E-state index contributed by atoms with van der Waals surface area (Å²) in [7, 11) is 0. The van der Waals surface area contributed by atoms with Crippen LogP contribution in [0.3, 0.4) is 0 Å². The van der Waals surface area contributed by atoms with Gasteiger partial charge in [0.1, 0.15) is 0 Å². The maximum atomic E-state index is 3.72. The second kappa shape index (κ2) is 6.23. The minimum absolute atomic E-state index is 0.817. The van der Waals surface area contributed by atoms with E-state index in [4.69, 9.17) is 0 Å². The van der Waals surface area contributed by atoms with Gasteiger partial charge in [0, 0.05) is 22.3 Å². The number of thiophene rings is 1. The van der Waals surface area contributed by atoms with Gasteiger partial charge < -0.3 is 5.32 Å². The quantitative estimate of drug-likeness (QED) is 0.816. The van der Waals surface area contributed by atoms with Crippen molar-refractivity contribution < 1.29 is 0 Å². The normalized spacial score (nSPS) is 21.8. The van der Waals surface area contributed by atoms with Crippen molar-refractivity contribution in [1.29, 1.82) is 0 Å². The summed E-state index contributed by atoms with van der Waals surface area (Å²) in [5.74, 6) is 0.836. The van der Waals surface area contributed by atoms with E-state index in [1.54, 1.807) is 5.57 Å². The van der Waals surface area contributed by atoms with Gasteiger partial charge in [-0.25, -0.2) is 0 Å². The Kier molecular flexibility index (Phi) is 4.39. The second-order valence-electron chi connectivity index (χ2n) is 6.16. The molecular weight excluding hydrogens is 250 g/mol. The minimum Gasteiger partial charge on any atom is -0.310 e. The van der Waals surface area contributed by atoms with E-state index < -0.39 is 0 Å². The van der Waals surface area contributed by atoms with E-state index in [9.17, 15) is 0 Å². The largest absolute Gasteiger partial charge is 0.310 e. The van der Waals surface area contributed by atoms with Crippen molar-refractivity contribution in [2.75, 3.05) is 6.54 Å². The maximum absolute atomic E-state index is 3.72. The van der Waals surface area contributed by atoms with Gasteiger partial charge in [0.05, 0.1) is 0 Å². The summed E-state index contributed by atoms with van der Waals surface area (Å²) >= 11 is 1.93. The molecule has 1 aromatic rings. The SMILES string of the molecule is Cc1ccc(C=C(CNC2CC2)C2CCCCC2)s1. The van der Waals surface area contributed by atoms with E-state index in [-0.39, 0.29) is 0 Å². The van der Waals surface area contributed by atoms with E-state index in [1.807, 2.05) is 11.3 Å². The van der Waals surface area contributed by atoms with Gasteiger partial charge in [0.25, 0.3) is 0 Å². The molecule has 1 nitrogen and oxygen atoms in total. The molecule has 3 rings (SSSR count). The van der Waals surface area contributed by atoms with Crippen molar-refractivity contribution in [1.82, 2.24) is 5.32 Å². The summed E-state index contributed by atoms with van der Waals surface area (Å²) in [5.41, 5.74) is 1.66. The summed E-state index contributed by atoms with van der Waals surface area (Å²) in [4.78, 5) is 2.86. The number of rotatable bonds is 5. The van der Waals surface area contributed by atoms with Crippen LogP contribution < -0.4 is 5.32 Å². The Morgan fingerprint density at radius 3 is 2.63 bits per heavy atom. The predicted octanol–water partition coefficient (Wildman–Crippen LogP) is 4.77. The van der Waals surface area contributed by atoms with Crippen LogP contribution in [0.4, 0.5) is 0 Å². The summed E-state index contributed by atoms with van der Waals surface area (Å²) < 4.78 is 0. The molecule has 2 fully saturated rings. The predicted molar refractivity (Wildman–Crippen MR) is 84.6 cm³/mol. The Morgan fingerprint density at radius 1 is 1.21 bits per heavy atom. The highest BCUT2D eigenvalue weighted by atomic mass is 32.1. The molecule has 0 atom stereocenters. The molecule has 0 aromatic carbocycles. The molecule has 1 heterocycles. The van der Waals surface area contributed by atoms with E-state index in [1.165, 1.54) is 54.7 Å². The standard InChI is InChI=1S/C17H25NS/c1-13-7-10-17(19-13)11-15(12-18-16-8-9-16)14-5-3-2-4-6-14/h7,10-11,14,16,18H,2-6,8-9,12H2,1H3. The number of nitrogens with one attached hydrogen (secondary N) is 1. The molecular formula is C17H25NS. The molecule has 0 aliphatic heterocycles. The fraction of sp³-hybridized carbons (Fsp3) is 0.647. The van der Waals surface area contributed by atoms with Gasteiger partial charge in [-0.15, -0.1) is 11.3 Å². The van der Waals surface area contributed by atoms with Gasteiger partial charge in [-0.3, -0.25) is 0 Å². The van der Waals surface area contributed by atoms with Gasteiger partial charge >= 0.3 is 0 Å². The first-order valence-electron chi connectivity index (χ1n) is 7.81. The van der Waals surface area contributed by atoms with Gasteiger partial charge in [0.2, 0.25) is 0 Å². The van der Waals surface area contributed by atoms with Gasteiger partial charge in [-0.1, -0.05) is 24.8 Å². The van der Waals surface area contributed by atoms with Crippen molar-refractivity contribution in [3.63, 3.8) is 0 Å². The average molecular weight is 275 g/mol. The lowest BCUT2D eigenvalue weighted by Crippen LogP contribution is -2.23. The molecule has 2 heteroatoms. The third kappa shape index (κ3) is 3.93. The van der Waals surface area contributed by atoms with Crippen molar-refractivity contribution in [3.05, 3.63) is 27.5 Å². The fourth-order valence-corrected chi connectivity index (χ4v) is 3.90. The lowest BCUT2D eigenvalue weighted by Gasteiger charge is -2.25. The highest BCUT2D eigenvalue weighted by Gasteiger charge is 2.23. The van der Waals surface area contributed by atoms with Crippen molar-refractivity contribution >= 4 is 17.4 Å². The first-order chi connectivity index (χ1) is 9.31. The molecule has 104 valence electrons. The molecule has 2 saturated carbocycles. The van der Waals surface area contributed by atoms with E-state index in [0.717, 1.165) is 18.5 Å². The number of aryl methyl sites for hydroxylation is 1. The Balaban J connectivity index is 1.71. The van der Waals surface area contributed by atoms with Crippen LogP contribution in [-0.2, 0) is 0 Å². The number of hydrogen-bond donors (Lipinski definition) is 1. The lowest BCUT2D eigenvalue weighted by atomic mass is 9.83. The highest BCUT2D eigenvalue weighted by molar-refractivity contribution is 7.12. The third-order valence-electron chi connectivity index (χ3n) is 4.39. The molecule has 0 bridgehead atoms. The van der Waals surface area contributed by atoms with Gasteiger partial charge in [-0.2, -0.15) is 0 Å². The van der Waals surface area contributed by atoms with Crippen molar-refractivity contribution in [2.24, 2.45) is 5.92 Å². The van der Waals surface area contributed by atoms with Crippen LogP contribution in [0.25, 0.3) is 6.08 Å². The minimum atomic E-state index is 0.817. The summed E-state index contributed by atoms with van der Waals surface area (Å²) in [6.45, 7) is 3.32. The zero-order valence-electron chi connectivity index (χ0n) is 12.0. The van der Waals surface area contributed by atoms with Crippen molar-refractivity contribution in [2.45, 2.75) is 57.9 Å². The fourth-order valence-electron chi connectivity index (χ4n) is 3.05. The summed E-state index contributed by atoms with van der Waals surface area (Å²) in [5, 5.41) is 3.72. The van der Waals surface area contributed by atoms with Crippen LogP contribution in [-0.4, -0.2) is 12.6 Å². The molecule has 1 aromatic heterocycles. The molecule has 19 heavy (non-hydrogen) atoms. The first-order valence-corrected chi connectivity index (χ1v) is 8.63.